The average molecular weight is 213 g/mol. The second kappa shape index (κ2) is 5.41. The minimum absolute atomic E-state index is 0.306. The number of hydrogen-bond donors (Lipinski definition) is 1. The summed E-state index contributed by atoms with van der Waals surface area (Å²) in [5, 5.41) is 5.49. The fourth-order valence-corrected chi connectivity index (χ4v) is 2.40. The molecule has 0 aromatic carbocycles. The molecule has 0 aliphatic heterocycles. The lowest BCUT2D eigenvalue weighted by atomic mass is 10.2. The van der Waals surface area contributed by atoms with Crippen LogP contribution in [0.25, 0.3) is 0 Å². The van der Waals surface area contributed by atoms with Crippen LogP contribution in [0.15, 0.2) is 11.1 Å². The van der Waals surface area contributed by atoms with Crippen molar-refractivity contribution in [2.75, 3.05) is 5.75 Å². The van der Waals surface area contributed by atoms with Crippen molar-refractivity contribution in [3.8, 4) is 0 Å². The number of aromatic nitrogens is 2. The Balaban J connectivity index is 2.41. The van der Waals surface area contributed by atoms with E-state index in [9.17, 15) is 0 Å². The molecule has 1 rings (SSSR count). The van der Waals surface area contributed by atoms with Crippen LogP contribution in [0.4, 0.5) is 0 Å². The molecule has 0 aliphatic rings. The molecule has 1 atom stereocenters. The first-order valence-corrected chi connectivity index (χ1v) is 6.01. The molecule has 0 amide bonds. The van der Waals surface area contributed by atoms with Crippen molar-refractivity contribution in [2.45, 2.75) is 37.8 Å². The van der Waals surface area contributed by atoms with Crippen LogP contribution in [-0.4, -0.2) is 21.6 Å². The van der Waals surface area contributed by atoms with E-state index in [-0.39, 0.29) is 0 Å². The van der Waals surface area contributed by atoms with Crippen LogP contribution in [0.3, 0.4) is 0 Å². The van der Waals surface area contributed by atoms with Gasteiger partial charge < -0.3 is 5.73 Å². The third kappa shape index (κ3) is 3.35. The minimum atomic E-state index is 0.306. The summed E-state index contributed by atoms with van der Waals surface area (Å²) in [7, 11) is 1.97. The molecule has 0 fully saturated rings. The van der Waals surface area contributed by atoms with E-state index in [0.29, 0.717) is 6.04 Å². The highest BCUT2D eigenvalue weighted by molar-refractivity contribution is 7.99. The number of nitrogens with two attached hydrogens (primary N) is 1. The van der Waals surface area contributed by atoms with Crippen LogP contribution in [0.2, 0.25) is 0 Å². The highest BCUT2D eigenvalue weighted by atomic mass is 32.2. The van der Waals surface area contributed by atoms with Crippen LogP contribution in [0.1, 0.15) is 25.5 Å². The second-order valence-corrected chi connectivity index (χ2v) is 4.65. The molecule has 0 aliphatic carbocycles. The van der Waals surface area contributed by atoms with Gasteiger partial charge in [0, 0.05) is 18.8 Å². The van der Waals surface area contributed by atoms with Gasteiger partial charge in [0.1, 0.15) is 0 Å². The minimum Gasteiger partial charge on any atom is -0.327 e. The Morgan fingerprint density at radius 3 is 2.86 bits per heavy atom. The molecular formula is C10H19N3S. The summed E-state index contributed by atoms with van der Waals surface area (Å²) in [4.78, 5) is 0. The lowest BCUT2D eigenvalue weighted by Crippen LogP contribution is -2.22. The van der Waals surface area contributed by atoms with Gasteiger partial charge in [0.2, 0.25) is 0 Å². The van der Waals surface area contributed by atoms with Gasteiger partial charge in [-0.25, -0.2) is 0 Å². The number of thioether (sulfide) groups is 1. The lowest BCUT2D eigenvalue weighted by molar-refractivity contribution is 0.656. The van der Waals surface area contributed by atoms with E-state index in [4.69, 9.17) is 5.73 Å². The van der Waals surface area contributed by atoms with E-state index in [1.54, 1.807) is 11.8 Å². The van der Waals surface area contributed by atoms with Gasteiger partial charge in [-0.3, -0.25) is 4.68 Å². The summed E-state index contributed by atoms with van der Waals surface area (Å²) in [6.07, 6.45) is 2.26. The summed E-state index contributed by atoms with van der Waals surface area (Å²) in [6.45, 7) is 4.18. The van der Waals surface area contributed by atoms with Crippen molar-refractivity contribution in [3.63, 3.8) is 0 Å². The molecule has 0 radical (unpaired) electrons. The fourth-order valence-electron chi connectivity index (χ4n) is 1.37. The third-order valence-electron chi connectivity index (χ3n) is 2.06. The summed E-state index contributed by atoms with van der Waals surface area (Å²) in [5.74, 6) is 0.979. The average Bonchev–Trinajstić information content (AvgIpc) is 2.42. The smallest absolute Gasteiger partial charge is 0.0939 e. The molecule has 1 unspecified atom stereocenters. The zero-order valence-corrected chi connectivity index (χ0v) is 9.97. The Morgan fingerprint density at radius 1 is 1.64 bits per heavy atom. The molecule has 4 heteroatoms. The molecule has 2 N–H and O–H groups in total. The zero-order valence-electron chi connectivity index (χ0n) is 9.16. The van der Waals surface area contributed by atoms with E-state index in [0.717, 1.165) is 24.3 Å². The molecule has 0 bridgehead atoms. The topological polar surface area (TPSA) is 43.8 Å². The Bertz CT molecular complexity index is 283. The van der Waals surface area contributed by atoms with Crippen molar-refractivity contribution < 1.29 is 0 Å². The molecule has 0 spiro atoms. The largest absolute Gasteiger partial charge is 0.327 e. The predicted molar refractivity (Wildman–Crippen MR) is 61.6 cm³/mol. The summed E-state index contributed by atoms with van der Waals surface area (Å²) in [6, 6.07) is 2.41. The Labute approximate surface area is 90.1 Å². The van der Waals surface area contributed by atoms with Crippen molar-refractivity contribution in [2.24, 2.45) is 12.8 Å². The van der Waals surface area contributed by atoms with Gasteiger partial charge in [-0.2, -0.15) is 5.10 Å². The summed E-state index contributed by atoms with van der Waals surface area (Å²) < 4.78 is 1.92. The maximum absolute atomic E-state index is 5.94. The maximum atomic E-state index is 5.94. The van der Waals surface area contributed by atoms with Gasteiger partial charge in [0.25, 0.3) is 0 Å². The number of nitrogens with zero attached hydrogens (tertiary/aromatic N) is 2. The first-order chi connectivity index (χ1) is 6.63. The molecule has 3 nitrogen and oxygen atoms in total. The van der Waals surface area contributed by atoms with Crippen LogP contribution in [-0.2, 0) is 7.05 Å². The standard InChI is InChI=1S/C10H19N3S/c1-4-5-9(11)7-14-10-6-8(2)12-13(10)3/h6,9H,4-5,7,11H2,1-3H3. The molecule has 1 aromatic heterocycles. The summed E-state index contributed by atoms with van der Waals surface area (Å²) >= 11 is 1.79. The Morgan fingerprint density at radius 2 is 2.36 bits per heavy atom. The van der Waals surface area contributed by atoms with Crippen LogP contribution >= 0.6 is 11.8 Å². The predicted octanol–water partition coefficient (Wildman–Crippen LogP) is 1.95. The van der Waals surface area contributed by atoms with Gasteiger partial charge in [0.05, 0.1) is 10.7 Å². The van der Waals surface area contributed by atoms with Crippen molar-refractivity contribution in [3.05, 3.63) is 11.8 Å². The molecule has 1 aromatic rings. The van der Waals surface area contributed by atoms with Crippen LogP contribution < -0.4 is 5.73 Å². The highest BCUT2D eigenvalue weighted by Crippen LogP contribution is 2.19. The third-order valence-corrected chi connectivity index (χ3v) is 3.34. The molecule has 0 saturated heterocycles. The Hall–Kier alpha value is -0.480. The molecule has 80 valence electrons. The maximum Gasteiger partial charge on any atom is 0.0939 e. The number of rotatable bonds is 5. The Kier molecular flexibility index (Phi) is 4.48. The second-order valence-electron chi connectivity index (χ2n) is 3.61. The van der Waals surface area contributed by atoms with Crippen molar-refractivity contribution in [1.82, 2.24) is 9.78 Å². The van der Waals surface area contributed by atoms with Gasteiger partial charge in [-0.15, -0.1) is 11.8 Å². The summed E-state index contributed by atoms with van der Waals surface area (Å²) in [5.41, 5.74) is 7.01. The van der Waals surface area contributed by atoms with E-state index in [2.05, 4.69) is 18.1 Å². The highest BCUT2D eigenvalue weighted by Gasteiger charge is 2.06. The lowest BCUT2D eigenvalue weighted by Gasteiger charge is -2.09. The van der Waals surface area contributed by atoms with E-state index in [1.807, 2.05) is 18.7 Å². The van der Waals surface area contributed by atoms with Crippen LogP contribution in [0.5, 0.6) is 0 Å². The number of hydrogen-bond acceptors (Lipinski definition) is 3. The van der Waals surface area contributed by atoms with Gasteiger partial charge in [-0.05, 0) is 19.4 Å². The molecule has 14 heavy (non-hydrogen) atoms. The zero-order chi connectivity index (χ0) is 10.6. The van der Waals surface area contributed by atoms with Gasteiger partial charge >= 0.3 is 0 Å². The number of aryl methyl sites for hydroxylation is 2. The van der Waals surface area contributed by atoms with Crippen molar-refractivity contribution in [1.29, 1.82) is 0 Å². The van der Waals surface area contributed by atoms with Crippen molar-refractivity contribution >= 4 is 11.8 Å². The van der Waals surface area contributed by atoms with E-state index in [1.165, 1.54) is 5.03 Å². The normalized spacial score (nSPS) is 13.1. The molecular weight excluding hydrogens is 194 g/mol. The monoisotopic (exact) mass is 213 g/mol. The van der Waals surface area contributed by atoms with Gasteiger partial charge in [0.15, 0.2) is 0 Å². The quantitative estimate of drug-likeness (QED) is 0.760. The first-order valence-electron chi connectivity index (χ1n) is 5.02. The SMILES string of the molecule is CCCC(N)CSc1cc(C)nn1C. The first kappa shape index (κ1) is 11.6. The molecule has 1 heterocycles. The fraction of sp³-hybridized carbons (Fsp3) is 0.700. The van der Waals surface area contributed by atoms with E-state index < -0.39 is 0 Å². The van der Waals surface area contributed by atoms with Gasteiger partial charge in [-0.1, -0.05) is 13.3 Å². The van der Waals surface area contributed by atoms with E-state index >= 15 is 0 Å². The molecule has 0 saturated carbocycles. The van der Waals surface area contributed by atoms with Crippen LogP contribution in [0, 0.1) is 6.92 Å².